The molecular weight excluding hydrogens is 793 g/mol. The van der Waals surface area contributed by atoms with Crippen LogP contribution in [0.3, 0.4) is 0 Å². The van der Waals surface area contributed by atoms with E-state index in [4.69, 9.17) is 4.42 Å². The summed E-state index contributed by atoms with van der Waals surface area (Å²) >= 11 is 0. The molecule has 0 unspecified atom stereocenters. The summed E-state index contributed by atoms with van der Waals surface area (Å²) in [5, 5.41) is 12.6. The van der Waals surface area contributed by atoms with Crippen molar-refractivity contribution in [2.75, 3.05) is 0 Å². The van der Waals surface area contributed by atoms with Gasteiger partial charge in [-0.05, 0) is 74.8 Å². The quantitative estimate of drug-likeness (QED) is 0.116. The Balaban J connectivity index is 1.02. The van der Waals surface area contributed by atoms with Crippen LogP contribution < -0.4 is 20.7 Å². The average Bonchev–Trinajstić information content (AvgIpc) is 4.03. The topological polar surface area (TPSA) is 23.0 Å². The lowest BCUT2D eigenvalue weighted by atomic mass is 9.97. The van der Waals surface area contributed by atoms with Gasteiger partial charge in [0.15, 0.2) is 8.07 Å². The van der Waals surface area contributed by atoms with Crippen LogP contribution in [0.5, 0.6) is 0 Å². The molecule has 0 saturated heterocycles. The highest BCUT2D eigenvalue weighted by atomic mass is 28.3. The molecule has 3 heterocycles. The summed E-state index contributed by atoms with van der Waals surface area (Å²) in [5.74, 6) is 0. The average molecular weight is 833 g/mol. The normalized spacial score (nSPS) is 12.1. The first kappa shape index (κ1) is 36.5. The molecule has 0 aliphatic heterocycles. The molecule has 4 heteroatoms. The Morgan fingerprint density at radius 2 is 0.766 bits per heavy atom. The highest BCUT2D eigenvalue weighted by Gasteiger charge is 2.41. The maximum Gasteiger partial charge on any atom is 0.179 e. The Labute approximate surface area is 371 Å². The third-order valence-corrected chi connectivity index (χ3v) is 18.3. The fourth-order valence-corrected chi connectivity index (χ4v) is 15.5. The third-order valence-electron chi connectivity index (χ3n) is 13.5. The van der Waals surface area contributed by atoms with E-state index in [0.29, 0.717) is 0 Å². The summed E-state index contributed by atoms with van der Waals surface area (Å²) in [5.41, 5.74) is 11.0. The monoisotopic (exact) mass is 832 g/mol. The van der Waals surface area contributed by atoms with Crippen molar-refractivity contribution in [3.63, 3.8) is 0 Å². The number of rotatable bonds is 7. The summed E-state index contributed by atoms with van der Waals surface area (Å²) in [6.45, 7) is 0. The van der Waals surface area contributed by atoms with Crippen molar-refractivity contribution < 1.29 is 4.42 Å². The third kappa shape index (κ3) is 5.33. The molecule has 10 aromatic carbocycles. The molecule has 300 valence electrons. The molecule has 0 bridgehead atoms. The van der Waals surface area contributed by atoms with E-state index >= 15 is 0 Å². The van der Waals surface area contributed by atoms with Gasteiger partial charge in [-0.3, -0.25) is 0 Å². The number of hydrogen-bond donors (Lipinski definition) is 0. The van der Waals surface area contributed by atoms with E-state index in [1.807, 2.05) is 6.07 Å². The van der Waals surface area contributed by atoms with Gasteiger partial charge in [0.2, 0.25) is 0 Å². The Morgan fingerprint density at radius 1 is 0.297 bits per heavy atom. The van der Waals surface area contributed by atoms with Crippen LogP contribution >= 0.6 is 0 Å². The second-order valence-electron chi connectivity index (χ2n) is 16.8. The Morgan fingerprint density at radius 3 is 1.45 bits per heavy atom. The lowest BCUT2D eigenvalue weighted by molar-refractivity contribution is 0.670. The number of fused-ring (bicyclic) bond motifs is 9. The van der Waals surface area contributed by atoms with Crippen molar-refractivity contribution in [3.8, 4) is 22.5 Å². The van der Waals surface area contributed by atoms with Gasteiger partial charge in [-0.2, -0.15) is 0 Å². The van der Waals surface area contributed by atoms with Crippen LogP contribution in [0.4, 0.5) is 0 Å². The maximum absolute atomic E-state index is 6.61. The molecule has 0 atom stereocenters. The standard InChI is InChI=1S/C60H40N2OSi/c1-4-18-43(19-5-1)64(44-20-6-2-7-21-44,45-22-8-3-9-23-45)46-37-34-41(35-38-46)61-54-30-13-10-24-47(54)48-39-36-42(40-57(48)61)62-55-31-14-11-26-53(55)59-50(27-17-32-56(59)62)52-29-16-28-51-49-25-12-15-33-58(49)63-60(51)52/h1-40H. The minimum atomic E-state index is -2.68. The largest absolute Gasteiger partial charge is 0.455 e. The van der Waals surface area contributed by atoms with Crippen LogP contribution in [-0.2, 0) is 0 Å². The first-order valence-electron chi connectivity index (χ1n) is 22.0. The van der Waals surface area contributed by atoms with Crippen molar-refractivity contribution >= 4 is 94.4 Å². The highest BCUT2D eigenvalue weighted by Crippen LogP contribution is 2.43. The van der Waals surface area contributed by atoms with E-state index < -0.39 is 8.07 Å². The summed E-state index contributed by atoms with van der Waals surface area (Å²) < 4.78 is 11.5. The van der Waals surface area contributed by atoms with Gasteiger partial charge in [-0.1, -0.05) is 194 Å². The Hall–Kier alpha value is -8.18. The molecule has 0 amide bonds. The predicted molar refractivity (Wildman–Crippen MR) is 271 cm³/mol. The molecule has 0 spiro atoms. The van der Waals surface area contributed by atoms with E-state index in [-0.39, 0.29) is 0 Å². The SMILES string of the molecule is c1ccc([Si](c2ccccc2)(c2ccccc2)c2ccc(-n3c4ccccc4c4ccc(-n5c6ccccc6c6c(-c7cccc8c7oc7ccccc78)cccc65)cc43)cc2)cc1. The molecule has 0 fully saturated rings. The molecular formula is C60H40N2OSi. The van der Waals surface area contributed by atoms with Crippen LogP contribution in [0.2, 0.25) is 0 Å². The van der Waals surface area contributed by atoms with Crippen molar-refractivity contribution in [3.05, 3.63) is 243 Å². The van der Waals surface area contributed by atoms with Gasteiger partial charge < -0.3 is 13.6 Å². The van der Waals surface area contributed by atoms with Crippen molar-refractivity contribution in [1.82, 2.24) is 9.13 Å². The number of hydrogen-bond acceptors (Lipinski definition) is 1. The maximum atomic E-state index is 6.61. The Kier molecular flexibility index (Phi) is 8.23. The van der Waals surface area contributed by atoms with Gasteiger partial charge in [0.1, 0.15) is 11.2 Å². The van der Waals surface area contributed by atoms with E-state index in [2.05, 4.69) is 246 Å². The zero-order valence-corrected chi connectivity index (χ0v) is 35.9. The second-order valence-corrected chi connectivity index (χ2v) is 20.6. The fraction of sp³-hybridized carbons (Fsp3) is 0. The molecule has 64 heavy (non-hydrogen) atoms. The smallest absolute Gasteiger partial charge is 0.179 e. The molecule has 3 nitrogen and oxygen atoms in total. The van der Waals surface area contributed by atoms with Gasteiger partial charge in [0.25, 0.3) is 0 Å². The number of benzene rings is 10. The molecule has 13 rings (SSSR count). The fourth-order valence-electron chi connectivity index (χ4n) is 10.8. The first-order chi connectivity index (χ1) is 31.8. The van der Waals surface area contributed by atoms with Gasteiger partial charge in [-0.15, -0.1) is 0 Å². The molecule has 0 saturated carbocycles. The van der Waals surface area contributed by atoms with Crippen LogP contribution in [0.1, 0.15) is 0 Å². The van der Waals surface area contributed by atoms with Crippen molar-refractivity contribution in [2.24, 2.45) is 0 Å². The summed E-state index contributed by atoms with van der Waals surface area (Å²) in [6.07, 6.45) is 0. The van der Waals surface area contributed by atoms with Crippen LogP contribution in [0.25, 0.3) is 88.1 Å². The summed E-state index contributed by atoms with van der Waals surface area (Å²) in [7, 11) is -2.68. The lowest BCUT2D eigenvalue weighted by Gasteiger charge is -2.34. The number of para-hydroxylation sites is 4. The summed E-state index contributed by atoms with van der Waals surface area (Å²) in [6, 6.07) is 89.1. The highest BCUT2D eigenvalue weighted by molar-refractivity contribution is 7.19. The van der Waals surface area contributed by atoms with E-state index in [1.54, 1.807) is 0 Å². The first-order valence-corrected chi connectivity index (χ1v) is 24.0. The Bertz CT molecular complexity index is 3790. The number of aromatic nitrogens is 2. The van der Waals surface area contributed by atoms with E-state index in [9.17, 15) is 0 Å². The van der Waals surface area contributed by atoms with Crippen molar-refractivity contribution in [2.45, 2.75) is 0 Å². The second kappa shape index (κ2) is 14.5. The van der Waals surface area contributed by atoms with Crippen LogP contribution in [-0.4, -0.2) is 17.2 Å². The van der Waals surface area contributed by atoms with Gasteiger partial charge in [0, 0.05) is 49.3 Å². The zero-order valence-electron chi connectivity index (χ0n) is 34.9. The molecule has 3 aromatic heterocycles. The van der Waals surface area contributed by atoms with Gasteiger partial charge in [-0.25, -0.2) is 0 Å². The molecule has 0 radical (unpaired) electrons. The van der Waals surface area contributed by atoms with Crippen LogP contribution in [0, 0.1) is 0 Å². The van der Waals surface area contributed by atoms with Crippen molar-refractivity contribution in [1.29, 1.82) is 0 Å². The molecule has 0 aliphatic carbocycles. The lowest BCUT2D eigenvalue weighted by Crippen LogP contribution is -2.74. The predicted octanol–water partition coefficient (Wildman–Crippen LogP) is 12.8. The minimum absolute atomic E-state index is 0.905. The van der Waals surface area contributed by atoms with Gasteiger partial charge >= 0.3 is 0 Å². The van der Waals surface area contributed by atoms with Crippen LogP contribution in [0.15, 0.2) is 247 Å². The minimum Gasteiger partial charge on any atom is -0.455 e. The summed E-state index contributed by atoms with van der Waals surface area (Å²) in [4.78, 5) is 0. The molecule has 13 aromatic rings. The van der Waals surface area contributed by atoms with Gasteiger partial charge in [0.05, 0.1) is 22.1 Å². The molecule has 0 N–H and O–H groups in total. The van der Waals surface area contributed by atoms with E-state index in [1.165, 1.54) is 53.3 Å². The number of nitrogens with zero attached hydrogens (tertiary/aromatic N) is 2. The number of furan rings is 1. The molecule has 0 aliphatic rings. The zero-order chi connectivity index (χ0) is 42.2. The van der Waals surface area contributed by atoms with E-state index in [0.717, 1.165) is 55.5 Å².